The quantitative estimate of drug-likeness (QED) is 0.733. The van der Waals surface area contributed by atoms with E-state index in [1.807, 2.05) is 0 Å². The Bertz CT molecular complexity index is 168. The van der Waals surface area contributed by atoms with Crippen molar-refractivity contribution in [3.63, 3.8) is 0 Å². The molecule has 1 aliphatic rings. The first-order valence-electron chi connectivity index (χ1n) is 6.19. The first-order chi connectivity index (χ1) is 7.00. The number of rotatable bonds is 4. The zero-order chi connectivity index (χ0) is 11.3. The van der Waals surface area contributed by atoms with Crippen LogP contribution in [-0.4, -0.2) is 43.7 Å². The Morgan fingerprint density at radius 3 is 2.40 bits per heavy atom. The van der Waals surface area contributed by atoms with E-state index < -0.39 is 0 Å². The highest BCUT2D eigenvalue weighted by Gasteiger charge is 2.20. The zero-order valence-corrected chi connectivity index (χ0v) is 10.6. The van der Waals surface area contributed by atoms with Crippen LogP contribution >= 0.6 is 0 Å². The fourth-order valence-electron chi connectivity index (χ4n) is 1.90. The van der Waals surface area contributed by atoms with E-state index in [4.69, 9.17) is 5.73 Å². The van der Waals surface area contributed by atoms with Crippen molar-refractivity contribution in [3.8, 4) is 0 Å². The molecule has 1 heterocycles. The molecule has 0 aliphatic carbocycles. The van der Waals surface area contributed by atoms with Gasteiger partial charge in [-0.25, -0.2) is 0 Å². The fraction of sp³-hybridized carbons (Fsp3) is 1.00. The molecule has 0 saturated carbocycles. The third-order valence-corrected chi connectivity index (χ3v) is 3.31. The topological polar surface area (TPSA) is 41.3 Å². The standard InChI is InChI=1S/C12H27N3/c1-12(2,3)11(13)5-4-8-15-9-6-14-7-10-15/h11,14H,4-10,13H2,1-3H3. The third kappa shape index (κ3) is 4.96. The number of hydrogen-bond acceptors (Lipinski definition) is 3. The second-order valence-electron chi connectivity index (χ2n) is 5.71. The lowest BCUT2D eigenvalue weighted by Crippen LogP contribution is -2.44. The number of nitrogens with two attached hydrogens (primary N) is 1. The predicted octanol–water partition coefficient (Wildman–Crippen LogP) is 1.05. The first kappa shape index (κ1) is 12.9. The van der Waals surface area contributed by atoms with Gasteiger partial charge < -0.3 is 16.0 Å². The first-order valence-corrected chi connectivity index (χ1v) is 6.19. The van der Waals surface area contributed by atoms with Crippen LogP contribution in [0.1, 0.15) is 33.6 Å². The van der Waals surface area contributed by atoms with Crippen molar-refractivity contribution >= 4 is 0 Å². The van der Waals surface area contributed by atoms with Crippen molar-refractivity contribution in [2.24, 2.45) is 11.1 Å². The summed E-state index contributed by atoms with van der Waals surface area (Å²) < 4.78 is 0. The molecule has 90 valence electrons. The average molecular weight is 213 g/mol. The van der Waals surface area contributed by atoms with Gasteiger partial charge in [-0.05, 0) is 24.8 Å². The number of nitrogens with zero attached hydrogens (tertiary/aromatic N) is 1. The number of nitrogens with one attached hydrogen (secondary N) is 1. The molecular weight excluding hydrogens is 186 g/mol. The number of piperazine rings is 1. The minimum Gasteiger partial charge on any atom is -0.327 e. The van der Waals surface area contributed by atoms with E-state index in [0.29, 0.717) is 6.04 Å². The normalized spacial score (nSPS) is 21.6. The Labute approximate surface area is 94.4 Å². The lowest BCUT2D eigenvalue weighted by atomic mass is 9.85. The molecule has 1 rings (SSSR count). The Kier molecular flexibility index (Phi) is 5.03. The smallest absolute Gasteiger partial charge is 0.0107 e. The summed E-state index contributed by atoms with van der Waals surface area (Å²) in [6.45, 7) is 12.6. The van der Waals surface area contributed by atoms with Gasteiger partial charge in [0.15, 0.2) is 0 Å². The van der Waals surface area contributed by atoms with Crippen LogP contribution in [0.4, 0.5) is 0 Å². The van der Waals surface area contributed by atoms with Crippen LogP contribution in [0.2, 0.25) is 0 Å². The molecule has 0 amide bonds. The molecule has 3 N–H and O–H groups in total. The van der Waals surface area contributed by atoms with Crippen molar-refractivity contribution in [3.05, 3.63) is 0 Å². The third-order valence-electron chi connectivity index (χ3n) is 3.31. The second-order valence-corrected chi connectivity index (χ2v) is 5.71. The lowest BCUT2D eigenvalue weighted by Gasteiger charge is -2.30. The summed E-state index contributed by atoms with van der Waals surface area (Å²) in [6, 6.07) is 0.334. The molecule has 1 saturated heterocycles. The van der Waals surface area contributed by atoms with E-state index in [0.717, 1.165) is 19.5 Å². The molecule has 0 bridgehead atoms. The molecule has 0 radical (unpaired) electrons. The van der Waals surface area contributed by atoms with E-state index >= 15 is 0 Å². The summed E-state index contributed by atoms with van der Waals surface area (Å²) in [6.07, 6.45) is 2.38. The summed E-state index contributed by atoms with van der Waals surface area (Å²) in [5.74, 6) is 0. The predicted molar refractivity (Wildman–Crippen MR) is 66.0 cm³/mol. The van der Waals surface area contributed by atoms with Gasteiger partial charge in [0.1, 0.15) is 0 Å². The highest BCUT2D eigenvalue weighted by Crippen LogP contribution is 2.20. The van der Waals surface area contributed by atoms with Gasteiger partial charge >= 0.3 is 0 Å². The maximum Gasteiger partial charge on any atom is 0.0107 e. The fourth-order valence-corrected chi connectivity index (χ4v) is 1.90. The minimum atomic E-state index is 0.253. The van der Waals surface area contributed by atoms with Crippen LogP contribution in [0.5, 0.6) is 0 Å². The summed E-state index contributed by atoms with van der Waals surface area (Å²) >= 11 is 0. The van der Waals surface area contributed by atoms with Gasteiger partial charge in [0.05, 0.1) is 0 Å². The van der Waals surface area contributed by atoms with E-state index in [1.54, 1.807) is 0 Å². The molecule has 0 aromatic rings. The van der Waals surface area contributed by atoms with Gasteiger partial charge in [-0.2, -0.15) is 0 Å². The largest absolute Gasteiger partial charge is 0.327 e. The number of hydrogen-bond donors (Lipinski definition) is 2. The zero-order valence-electron chi connectivity index (χ0n) is 10.6. The van der Waals surface area contributed by atoms with Crippen LogP contribution in [-0.2, 0) is 0 Å². The van der Waals surface area contributed by atoms with Crippen molar-refractivity contribution in [2.75, 3.05) is 32.7 Å². The SMILES string of the molecule is CC(C)(C)C(N)CCCN1CCNCC1. The van der Waals surface area contributed by atoms with Crippen molar-refractivity contribution in [1.82, 2.24) is 10.2 Å². The van der Waals surface area contributed by atoms with Gasteiger partial charge in [0, 0.05) is 32.2 Å². The van der Waals surface area contributed by atoms with E-state index in [9.17, 15) is 0 Å². The minimum absolute atomic E-state index is 0.253. The van der Waals surface area contributed by atoms with Crippen molar-refractivity contribution in [1.29, 1.82) is 0 Å². The highest BCUT2D eigenvalue weighted by molar-refractivity contribution is 4.77. The van der Waals surface area contributed by atoms with Crippen LogP contribution in [0.15, 0.2) is 0 Å². The Balaban J connectivity index is 2.10. The van der Waals surface area contributed by atoms with E-state index in [2.05, 4.69) is 31.0 Å². The molecule has 15 heavy (non-hydrogen) atoms. The molecule has 0 aromatic carbocycles. The van der Waals surface area contributed by atoms with Gasteiger partial charge in [0.25, 0.3) is 0 Å². The Hall–Kier alpha value is -0.120. The van der Waals surface area contributed by atoms with E-state index in [1.165, 1.54) is 26.1 Å². The molecule has 1 atom stereocenters. The summed E-state index contributed by atoms with van der Waals surface area (Å²) in [4.78, 5) is 2.53. The molecule has 3 nitrogen and oxygen atoms in total. The Morgan fingerprint density at radius 2 is 1.87 bits per heavy atom. The summed E-state index contributed by atoms with van der Waals surface area (Å²) in [7, 11) is 0. The maximum absolute atomic E-state index is 6.14. The highest BCUT2D eigenvalue weighted by atomic mass is 15.2. The molecule has 0 spiro atoms. The summed E-state index contributed by atoms with van der Waals surface area (Å²) in [5, 5.41) is 3.37. The Morgan fingerprint density at radius 1 is 1.27 bits per heavy atom. The van der Waals surface area contributed by atoms with Crippen LogP contribution in [0, 0.1) is 5.41 Å². The van der Waals surface area contributed by atoms with Gasteiger partial charge in [-0.1, -0.05) is 20.8 Å². The monoisotopic (exact) mass is 213 g/mol. The molecule has 0 aromatic heterocycles. The van der Waals surface area contributed by atoms with Crippen LogP contribution < -0.4 is 11.1 Å². The average Bonchev–Trinajstić information content (AvgIpc) is 2.18. The van der Waals surface area contributed by atoms with E-state index in [-0.39, 0.29) is 5.41 Å². The molecule has 1 fully saturated rings. The van der Waals surface area contributed by atoms with Crippen molar-refractivity contribution in [2.45, 2.75) is 39.7 Å². The van der Waals surface area contributed by atoms with Gasteiger partial charge in [-0.15, -0.1) is 0 Å². The van der Waals surface area contributed by atoms with Gasteiger partial charge in [0.2, 0.25) is 0 Å². The molecular formula is C12H27N3. The lowest BCUT2D eigenvalue weighted by molar-refractivity contribution is 0.223. The summed E-state index contributed by atoms with van der Waals surface area (Å²) in [5.41, 5.74) is 6.39. The second kappa shape index (κ2) is 5.83. The van der Waals surface area contributed by atoms with Crippen LogP contribution in [0.25, 0.3) is 0 Å². The molecule has 1 aliphatic heterocycles. The van der Waals surface area contributed by atoms with Crippen LogP contribution in [0.3, 0.4) is 0 Å². The molecule has 3 heteroatoms. The molecule has 1 unspecified atom stereocenters. The maximum atomic E-state index is 6.14. The van der Waals surface area contributed by atoms with Gasteiger partial charge in [-0.3, -0.25) is 0 Å². The van der Waals surface area contributed by atoms with Crippen molar-refractivity contribution < 1.29 is 0 Å².